The third-order valence-corrected chi connectivity index (χ3v) is 10.5. The van der Waals surface area contributed by atoms with Crippen molar-refractivity contribution in [2.75, 3.05) is 10.8 Å². The molecular formula is C37H40ClN3O4S. The van der Waals surface area contributed by atoms with Crippen LogP contribution in [0, 0.1) is 13.8 Å². The van der Waals surface area contributed by atoms with Crippen molar-refractivity contribution in [1.82, 2.24) is 10.2 Å². The van der Waals surface area contributed by atoms with E-state index in [0.717, 1.165) is 52.2 Å². The van der Waals surface area contributed by atoms with Gasteiger partial charge in [0, 0.05) is 24.0 Å². The molecule has 1 unspecified atom stereocenters. The Hall–Kier alpha value is -4.14. The molecule has 0 spiro atoms. The van der Waals surface area contributed by atoms with Crippen LogP contribution in [-0.4, -0.2) is 43.8 Å². The SMILES string of the molecule is Cc1ccc(CN(C(=O)CN(c2cccc(Cl)c2)S(=O)(=O)c2ccc(C)cc2)C(Cc2ccccc2)C(=O)NC2CCCC2)cc1. The molecule has 1 saturated carbocycles. The van der Waals surface area contributed by atoms with E-state index in [2.05, 4.69) is 5.32 Å². The lowest BCUT2D eigenvalue weighted by Crippen LogP contribution is -2.54. The molecule has 1 aliphatic rings. The molecule has 1 fully saturated rings. The number of rotatable bonds is 12. The number of aryl methyl sites for hydroxylation is 2. The largest absolute Gasteiger partial charge is 0.352 e. The van der Waals surface area contributed by atoms with Crippen LogP contribution in [0.2, 0.25) is 5.02 Å². The number of nitrogens with one attached hydrogen (secondary N) is 1. The number of carbonyl (C=O) groups is 2. The molecular weight excluding hydrogens is 618 g/mol. The smallest absolute Gasteiger partial charge is 0.264 e. The summed E-state index contributed by atoms with van der Waals surface area (Å²) in [7, 11) is -4.19. The number of benzene rings is 4. The molecule has 4 aromatic rings. The maximum atomic E-state index is 14.6. The Morgan fingerprint density at radius 2 is 1.46 bits per heavy atom. The Labute approximate surface area is 277 Å². The van der Waals surface area contributed by atoms with Crippen molar-refractivity contribution in [3.05, 3.63) is 130 Å². The lowest BCUT2D eigenvalue weighted by atomic mass is 10.0. The maximum absolute atomic E-state index is 14.6. The fraction of sp³-hybridized carbons (Fsp3) is 0.297. The zero-order valence-electron chi connectivity index (χ0n) is 26.2. The van der Waals surface area contributed by atoms with Gasteiger partial charge in [-0.15, -0.1) is 0 Å². The normalized spacial score (nSPS) is 14.1. The average Bonchev–Trinajstić information content (AvgIpc) is 3.56. The van der Waals surface area contributed by atoms with Crippen molar-refractivity contribution >= 4 is 39.1 Å². The van der Waals surface area contributed by atoms with Crippen LogP contribution in [0.15, 0.2) is 108 Å². The minimum atomic E-state index is -4.19. The van der Waals surface area contributed by atoms with Crippen LogP contribution >= 0.6 is 11.6 Å². The number of halogens is 1. The Morgan fingerprint density at radius 1 is 0.826 bits per heavy atom. The number of nitrogens with zero attached hydrogens (tertiary/aromatic N) is 2. The van der Waals surface area contributed by atoms with E-state index in [0.29, 0.717) is 5.02 Å². The van der Waals surface area contributed by atoms with Crippen molar-refractivity contribution in [3.63, 3.8) is 0 Å². The summed E-state index contributed by atoms with van der Waals surface area (Å²) < 4.78 is 29.4. The van der Waals surface area contributed by atoms with Gasteiger partial charge in [0.15, 0.2) is 0 Å². The molecule has 2 amide bonds. The van der Waals surface area contributed by atoms with Crippen LogP contribution in [0.4, 0.5) is 5.69 Å². The second-order valence-corrected chi connectivity index (χ2v) is 14.3. The quantitative estimate of drug-likeness (QED) is 0.181. The predicted molar refractivity (Wildman–Crippen MR) is 183 cm³/mol. The summed E-state index contributed by atoms with van der Waals surface area (Å²) in [5.41, 5.74) is 3.96. The molecule has 1 aliphatic carbocycles. The molecule has 46 heavy (non-hydrogen) atoms. The molecule has 0 heterocycles. The average molecular weight is 658 g/mol. The number of sulfonamides is 1. The van der Waals surface area contributed by atoms with Crippen molar-refractivity contribution in [2.24, 2.45) is 0 Å². The van der Waals surface area contributed by atoms with E-state index < -0.39 is 28.5 Å². The molecule has 4 aromatic carbocycles. The van der Waals surface area contributed by atoms with Crippen LogP contribution in [-0.2, 0) is 32.6 Å². The summed E-state index contributed by atoms with van der Waals surface area (Å²) in [5, 5.41) is 3.54. The van der Waals surface area contributed by atoms with E-state index in [9.17, 15) is 18.0 Å². The zero-order valence-corrected chi connectivity index (χ0v) is 27.8. The van der Waals surface area contributed by atoms with Crippen molar-refractivity contribution < 1.29 is 18.0 Å². The van der Waals surface area contributed by atoms with Gasteiger partial charge in [0.25, 0.3) is 10.0 Å². The molecule has 0 saturated heterocycles. The molecule has 1 atom stereocenters. The highest BCUT2D eigenvalue weighted by Gasteiger charge is 2.35. The topological polar surface area (TPSA) is 86.8 Å². The summed E-state index contributed by atoms with van der Waals surface area (Å²) in [4.78, 5) is 30.3. The van der Waals surface area contributed by atoms with Gasteiger partial charge < -0.3 is 10.2 Å². The van der Waals surface area contributed by atoms with E-state index in [1.165, 1.54) is 23.1 Å². The minimum absolute atomic E-state index is 0.0481. The highest BCUT2D eigenvalue weighted by Crippen LogP contribution is 2.28. The first-order valence-electron chi connectivity index (χ1n) is 15.6. The maximum Gasteiger partial charge on any atom is 0.264 e. The second-order valence-electron chi connectivity index (χ2n) is 12.0. The second kappa shape index (κ2) is 15.0. The molecule has 7 nitrogen and oxygen atoms in total. The van der Waals surface area contributed by atoms with Gasteiger partial charge in [-0.25, -0.2) is 8.42 Å². The third-order valence-electron chi connectivity index (χ3n) is 8.43. The monoisotopic (exact) mass is 657 g/mol. The molecule has 0 bridgehead atoms. The van der Waals surface area contributed by atoms with Gasteiger partial charge in [0.05, 0.1) is 10.6 Å². The lowest BCUT2D eigenvalue weighted by molar-refractivity contribution is -0.140. The van der Waals surface area contributed by atoms with Gasteiger partial charge >= 0.3 is 0 Å². The zero-order chi connectivity index (χ0) is 32.7. The number of hydrogen-bond acceptors (Lipinski definition) is 4. The summed E-state index contributed by atoms with van der Waals surface area (Å²) in [6, 6.07) is 29.5. The Kier molecular flexibility index (Phi) is 10.8. The first-order chi connectivity index (χ1) is 22.1. The van der Waals surface area contributed by atoms with Crippen LogP contribution < -0.4 is 9.62 Å². The Balaban J connectivity index is 1.56. The van der Waals surface area contributed by atoms with Gasteiger partial charge in [0.2, 0.25) is 11.8 Å². The van der Waals surface area contributed by atoms with Gasteiger partial charge in [-0.2, -0.15) is 0 Å². The van der Waals surface area contributed by atoms with E-state index in [4.69, 9.17) is 11.6 Å². The number of anilines is 1. The van der Waals surface area contributed by atoms with Gasteiger partial charge in [0.1, 0.15) is 12.6 Å². The fourth-order valence-electron chi connectivity index (χ4n) is 5.81. The molecule has 0 aromatic heterocycles. The van der Waals surface area contributed by atoms with Crippen LogP contribution in [0.5, 0.6) is 0 Å². The Bertz CT molecular complexity index is 1740. The molecule has 5 rings (SSSR count). The van der Waals surface area contributed by atoms with E-state index in [-0.39, 0.29) is 35.5 Å². The standard InChI is InChI=1S/C37H40ClN3O4S/c1-27-15-19-30(20-16-27)25-40(35(23-29-9-4-3-5-10-29)37(43)39-32-12-6-7-13-32)36(42)26-41(33-14-8-11-31(38)24-33)46(44,45)34-21-17-28(2)18-22-34/h3-5,8-11,14-22,24,32,35H,6-7,12-13,23,25-26H2,1-2H3,(H,39,43). The van der Waals surface area contributed by atoms with Crippen molar-refractivity contribution in [3.8, 4) is 0 Å². The van der Waals surface area contributed by atoms with E-state index in [1.807, 2.05) is 68.4 Å². The van der Waals surface area contributed by atoms with Crippen LogP contribution in [0.1, 0.15) is 47.9 Å². The summed E-state index contributed by atoms with van der Waals surface area (Å²) in [6.45, 7) is 3.47. The molecule has 9 heteroatoms. The first-order valence-corrected chi connectivity index (χ1v) is 17.5. The number of amides is 2. The molecule has 240 valence electrons. The number of carbonyl (C=O) groups excluding carboxylic acids is 2. The van der Waals surface area contributed by atoms with E-state index in [1.54, 1.807) is 30.3 Å². The highest BCUT2D eigenvalue weighted by atomic mass is 35.5. The highest BCUT2D eigenvalue weighted by molar-refractivity contribution is 7.92. The molecule has 1 N–H and O–H groups in total. The van der Waals surface area contributed by atoms with Crippen LogP contribution in [0.25, 0.3) is 0 Å². The van der Waals surface area contributed by atoms with Gasteiger partial charge in [-0.3, -0.25) is 13.9 Å². The minimum Gasteiger partial charge on any atom is -0.352 e. The fourth-order valence-corrected chi connectivity index (χ4v) is 7.40. The summed E-state index contributed by atoms with van der Waals surface area (Å²) >= 11 is 6.32. The third kappa shape index (κ3) is 8.36. The number of hydrogen-bond donors (Lipinski definition) is 1. The lowest BCUT2D eigenvalue weighted by Gasteiger charge is -2.34. The van der Waals surface area contributed by atoms with Gasteiger partial charge in [-0.1, -0.05) is 108 Å². The van der Waals surface area contributed by atoms with Crippen molar-refractivity contribution in [1.29, 1.82) is 0 Å². The first kappa shape index (κ1) is 33.2. The predicted octanol–water partition coefficient (Wildman–Crippen LogP) is 6.85. The molecule has 0 aliphatic heterocycles. The summed E-state index contributed by atoms with van der Waals surface area (Å²) in [5.74, 6) is -0.745. The molecule has 0 radical (unpaired) electrons. The van der Waals surface area contributed by atoms with E-state index >= 15 is 0 Å². The van der Waals surface area contributed by atoms with Crippen molar-refractivity contribution in [2.45, 2.75) is 69.5 Å². The van der Waals surface area contributed by atoms with Gasteiger partial charge in [-0.05, 0) is 68.1 Å². The Morgan fingerprint density at radius 3 is 2.09 bits per heavy atom. The van der Waals surface area contributed by atoms with Crippen LogP contribution in [0.3, 0.4) is 0 Å². The summed E-state index contributed by atoms with van der Waals surface area (Å²) in [6.07, 6.45) is 4.16.